The number of carbonyl (C=O) groups excluding carboxylic acids is 1. The normalized spacial score (nSPS) is 31.1. The topological polar surface area (TPSA) is 17.1 Å². The third kappa shape index (κ3) is 3.87. The van der Waals surface area contributed by atoms with Crippen molar-refractivity contribution in [3.63, 3.8) is 0 Å². The van der Waals surface area contributed by atoms with Crippen LogP contribution >= 0.6 is 0 Å². The SMILES string of the molecule is C=C[C@@]1(C)[C@H](CCC[C](=C)[Ge]([CH3])([CH3])[CH3])C(=O)CC[C@@H]1C. The average Bonchev–Trinajstić information content (AvgIpc) is 2.36. The molecule has 2 heteroatoms. The van der Waals surface area contributed by atoms with Crippen LogP contribution in [0.15, 0.2) is 23.6 Å². The van der Waals surface area contributed by atoms with Gasteiger partial charge in [-0.3, -0.25) is 0 Å². The van der Waals surface area contributed by atoms with Gasteiger partial charge in [-0.1, -0.05) is 0 Å². The number of hydrogen-bond donors (Lipinski definition) is 0. The standard InChI is InChI=1S/C18H32GeO/c1-8-18(4)14(2)12-13-17(20)16(18)11-9-10-15(3)19(5,6)7/h8,14,16H,1,3,9-13H2,2,4-7H3/t14-,16+,18+/m0/s1. The van der Waals surface area contributed by atoms with Gasteiger partial charge in [-0.2, -0.15) is 0 Å². The molecule has 20 heavy (non-hydrogen) atoms. The molecule has 1 nitrogen and oxygen atoms in total. The Morgan fingerprint density at radius 2 is 2.05 bits per heavy atom. The molecule has 0 spiro atoms. The van der Waals surface area contributed by atoms with Crippen molar-refractivity contribution in [3.8, 4) is 0 Å². The van der Waals surface area contributed by atoms with Crippen molar-refractivity contribution in [2.24, 2.45) is 17.3 Å². The maximum absolute atomic E-state index is 12.3. The third-order valence-electron chi connectivity index (χ3n) is 5.50. The molecule has 0 aliphatic heterocycles. The van der Waals surface area contributed by atoms with Crippen molar-refractivity contribution in [2.45, 2.75) is 63.2 Å². The van der Waals surface area contributed by atoms with E-state index in [1.807, 2.05) is 6.08 Å². The summed E-state index contributed by atoms with van der Waals surface area (Å²) in [6, 6.07) is 0. The van der Waals surface area contributed by atoms with Crippen LogP contribution < -0.4 is 0 Å². The molecule has 0 aromatic heterocycles. The maximum atomic E-state index is 12.3. The molecule has 0 radical (unpaired) electrons. The monoisotopic (exact) mass is 338 g/mol. The van der Waals surface area contributed by atoms with Gasteiger partial charge in [-0.25, -0.2) is 0 Å². The van der Waals surface area contributed by atoms with E-state index in [0.717, 1.165) is 32.1 Å². The molecule has 0 bridgehead atoms. The van der Waals surface area contributed by atoms with Gasteiger partial charge in [-0.15, -0.1) is 0 Å². The van der Waals surface area contributed by atoms with Gasteiger partial charge in [0, 0.05) is 0 Å². The van der Waals surface area contributed by atoms with Crippen LogP contribution in [0.4, 0.5) is 0 Å². The van der Waals surface area contributed by atoms with Crippen LogP contribution in [0, 0.1) is 17.3 Å². The predicted molar refractivity (Wildman–Crippen MR) is 91.5 cm³/mol. The van der Waals surface area contributed by atoms with Crippen molar-refractivity contribution in [1.82, 2.24) is 0 Å². The zero-order valence-corrected chi connectivity index (χ0v) is 16.2. The van der Waals surface area contributed by atoms with E-state index in [4.69, 9.17) is 0 Å². The Kier molecular flexibility index (Phi) is 5.89. The van der Waals surface area contributed by atoms with Crippen LogP contribution in [-0.4, -0.2) is 19.0 Å². The Hall–Kier alpha value is -0.307. The number of carbonyl (C=O) groups is 1. The number of rotatable bonds is 6. The van der Waals surface area contributed by atoms with Crippen LogP contribution in [0.3, 0.4) is 0 Å². The van der Waals surface area contributed by atoms with Gasteiger partial charge in [0.2, 0.25) is 0 Å². The fraction of sp³-hybridized carbons (Fsp3) is 0.722. The van der Waals surface area contributed by atoms with E-state index in [-0.39, 0.29) is 11.3 Å². The number of hydrogen-bond acceptors (Lipinski definition) is 1. The molecule has 3 atom stereocenters. The minimum atomic E-state index is -1.71. The molecule has 1 aliphatic carbocycles. The van der Waals surface area contributed by atoms with Crippen LogP contribution in [0.1, 0.15) is 46.0 Å². The van der Waals surface area contributed by atoms with E-state index in [2.05, 4.69) is 44.3 Å². The van der Waals surface area contributed by atoms with Gasteiger partial charge in [0.15, 0.2) is 0 Å². The van der Waals surface area contributed by atoms with Gasteiger partial charge in [0.05, 0.1) is 0 Å². The summed E-state index contributed by atoms with van der Waals surface area (Å²) in [6.07, 6.45) is 7.02. The number of ketones is 1. The van der Waals surface area contributed by atoms with Gasteiger partial charge >= 0.3 is 128 Å². The first-order valence-corrected chi connectivity index (χ1v) is 15.3. The Bertz CT molecular complexity index is 391. The molecular formula is C18H32GeO. The molecular weight excluding hydrogens is 305 g/mol. The van der Waals surface area contributed by atoms with Crippen LogP contribution in [0.2, 0.25) is 17.3 Å². The molecule has 0 aromatic rings. The molecule has 114 valence electrons. The summed E-state index contributed by atoms with van der Waals surface area (Å²) < 4.78 is 1.47. The summed E-state index contributed by atoms with van der Waals surface area (Å²) in [5.74, 6) is 8.36. The second-order valence-corrected chi connectivity index (χ2v) is 18.7. The second kappa shape index (κ2) is 6.64. The first-order chi connectivity index (χ1) is 9.13. The molecule has 0 saturated heterocycles. The van der Waals surface area contributed by atoms with Crippen molar-refractivity contribution >= 4 is 19.0 Å². The molecule has 1 rings (SSSR count). The first-order valence-electron chi connectivity index (χ1n) is 7.97. The molecule has 0 unspecified atom stereocenters. The summed E-state index contributed by atoms with van der Waals surface area (Å²) in [5, 5.41) is 0. The first kappa shape index (κ1) is 17.7. The van der Waals surface area contributed by atoms with Crippen molar-refractivity contribution in [2.75, 3.05) is 0 Å². The zero-order chi connectivity index (χ0) is 15.6. The Morgan fingerprint density at radius 3 is 2.55 bits per heavy atom. The van der Waals surface area contributed by atoms with E-state index >= 15 is 0 Å². The molecule has 1 aliphatic rings. The van der Waals surface area contributed by atoms with Crippen LogP contribution in [0.25, 0.3) is 0 Å². The fourth-order valence-electron chi connectivity index (χ4n) is 3.24. The summed E-state index contributed by atoms with van der Waals surface area (Å²) in [5.41, 5.74) is -0.0141. The predicted octanol–water partition coefficient (Wildman–Crippen LogP) is 5.40. The summed E-state index contributed by atoms with van der Waals surface area (Å²) >= 11 is -1.71. The van der Waals surface area contributed by atoms with Crippen LogP contribution in [0.5, 0.6) is 0 Å². The molecule has 0 aromatic carbocycles. The van der Waals surface area contributed by atoms with Crippen molar-refractivity contribution in [3.05, 3.63) is 23.6 Å². The van der Waals surface area contributed by atoms with Crippen molar-refractivity contribution < 1.29 is 4.79 Å². The van der Waals surface area contributed by atoms with Gasteiger partial charge in [0.1, 0.15) is 0 Å². The quantitative estimate of drug-likeness (QED) is 0.469. The van der Waals surface area contributed by atoms with Gasteiger partial charge in [0.25, 0.3) is 0 Å². The Balaban J connectivity index is 2.66. The molecule has 0 N–H and O–H groups in total. The average molecular weight is 337 g/mol. The van der Waals surface area contributed by atoms with E-state index in [0.29, 0.717) is 11.7 Å². The Labute approximate surface area is 128 Å². The van der Waals surface area contributed by atoms with E-state index < -0.39 is 13.3 Å². The fourth-order valence-corrected chi connectivity index (χ4v) is 5.19. The third-order valence-corrected chi connectivity index (χ3v) is 10.5. The summed E-state index contributed by atoms with van der Waals surface area (Å²) in [4.78, 5) is 12.3. The number of Topliss-reactive ketones (excluding diaryl/α,β-unsaturated/α-hetero) is 1. The van der Waals surface area contributed by atoms with E-state index in [1.165, 1.54) is 4.41 Å². The zero-order valence-electron chi connectivity index (χ0n) is 14.1. The minimum absolute atomic E-state index is 0.0141. The molecule has 0 heterocycles. The molecule has 1 saturated carbocycles. The van der Waals surface area contributed by atoms with Gasteiger partial charge in [-0.05, 0) is 0 Å². The van der Waals surface area contributed by atoms with E-state index in [9.17, 15) is 4.79 Å². The second-order valence-electron chi connectivity index (χ2n) is 7.77. The summed E-state index contributed by atoms with van der Waals surface area (Å²) in [7, 11) is 0. The van der Waals surface area contributed by atoms with Crippen LogP contribution in [-0.2, 0) is 4.79 Å². The van der Waals surface area contributed by atoms with Crippen molar-refractivity contribution in [1.29, 1.82) is 0 Å². The Morgan fingerprint density at radius 1 is 1.45 bits per heavy atom. The number of allylic oxidation sites excluding steroid dienone is 2. The van der Waals surface area contributed by atoms with E-state index in [1.54, 1.807) is 0 Å². The van der Waals surface area contributed by atoms with Gasteiger partial charge < -0.3 is 0 Å². The summed E-state index contributed by atoms with van der Waals surface area (Å²) in [6.45, 7) is 12.8. The molecule has 0 amide bonds. The molecule has 1 fully saturated rings.